The molecule has 3 heterocycles. The van der Waals surface area contributed by atoms with Crippen molar-refractivity contribution in [1.29, 1.82) is 0 Å². The minimum Gasteiger partial charge on any atom is -0.477 e. The number of nitrogens with two attached hydrogens (primary N) is 2. The van der Waals surface area contributed by atoms with Crippen molar-refractivity contribution in [1.82, 2.24) is 4.98 Å². The van der Waals surface area contributed by atoms with Gasteiger partial charge in [-0.25, -0.2) is 18.6 Å². The number of aromatic nitrogens is 1. The third-order valence-electron chi connectivity index (χ3n) is 4.96. The number of piperidine rings is 1. The van der Waals surface area contributed by atoms with Gasteiger partial charge in [0, 0.05) is 41.7 Å². The second-order valence-corrected chi connectivity index (χ2v) is 7.81. The van der Waals surface area contributed by atoms with Gasteiger partial charge in [0.1, 0.15) is 27.2 Å². The van der Waals surface area contributed by atoms with Gasteiger partial charge in [0.2, 0.25) is 0 Å². The van der Waals surface area contributed by atoms with E-state index in [1.165, 1.54) is 6.07 Å². The fourth-order valence-corrected chi connectivity index (χ4v) is 4.43. The van der Waals surface area contributed by atoms with Gasteiger partial charge in [-0.15, -0.1) is 11.3 Å². The SMILES string of the molecule is Nc1c(C(=O)O)sc2nc(N3CCC(N)CC3)cc(-c3ccc(F)cc3F)c12. The third kappa shape index (κ3) is 3.16. The third-order valence-corrected chi connectivity index (χ3v) is 6.05. The van der Waals surface area contributed by atoms with Gasteiger partial charge in [0.25, 0.3) is 0 Å². The highest BCUT2D eigenvalue weighted by Crippen LogP contribution is 2.42. The summed E-state index contributed by atoms with van der Waals surface area (Å²) in [5.41, 5.74) is 12.6. The molecule has 0 radical (unpaired) electrons. The number of anilines is 2. The zero-order valence-corrected chi connectivity index (χ0v) is 15.6. The molecule has 1 aliphatic heterocycles. The maximum atomic E-state index is 14.5. The Morgan fingerprint density at radius 2 is 1.93 bits per heavy atom. The number of carboxylic acid groups (broad SMARTS) is 1. The van der Waals surface area contributed by atoms with Gasteiger partial charge in [0.15, 0.2) is 0 Å². The molecule has 0 saturated carbocycles. The monoisotopic (exact) mass is 404 g/mol. The molecular formula is C19H18F2N4O2S. The lowest BCUT2D eigenvalue weighted by atomic mass is 10.0. The summed E-state index contributed by atoms with van der Waals surface area (Å²) in [5, 5.41) is 9.79. The topological polar surface area (TPSA) is 105 Å². The number of carboxylic acids is 1. The van der Waals surface area contributed by atoms with Crippen LogP contribution in [0.15, 0.2) is 24.3 Å². The summed E-state index contributed by atoms with van der Waals surface area (Å²) >= 11 is 0.945. The molecule has 5 N–H and O–H groups in total. The fourth-order valence-electron chi connectivity index (χ4n) is 3.48. The standard InChI is InChI=1S/C19H18F2N4O2S/c20-9-1-2-11(13(21)7-9)12-8-14(25-5-3-10(22)4-6-25)24-18-15(12)16(23)17(28-18)19(26)27/h1-2,7-8,10H,3-6,22-23H2,(H,26,27). The van der Waals surface area contributed by atoms with Crippen molar-refractivity contribution < 1.29 is 18.7 Å². The molecule has 6 nitrogen and oxygen atoms in total. The highest BCUT2D eigenvalue weighted by molar-refractivity contribution is 7.21. The lowest BCUT2D eigenvalue weighted by Gasteiger charge is -2.31. The minimum absolute atomic E-state index is 0.0333. The Labute approximate surface area is 163 Å². The summed E-state index contributed by atoms with van der Waals surface area (Å²) in [6.45, 7) is 1.38. The van der Waals surface area contributed by atoms with E-state index in [1.54, 1.807) is 6.07 Å². The molecule has 28 heavy (non-hydrogen) atoms. The Balaban J connectivity index is 1.95. The van der Waals surface area contributed by atoms with E-state index < -0.39 is 17.6 Å². The predicted octanol–water partition coefficient (Wildman–Crippen LogP) is 3.45. The average molecular weight is 404 g/mol. The van der Waals surface area contributed by atoms with Crippen molar-refractivity contribution in [2.45, 2.75) is 18.9 Å². The number of aromatic carboxylic acids is 1. The molecule has 1 fully saturated rings. The van der Waals surface area contributed by atoms with Crippen LogP contribution in [0.5, 0.6) is 0 Å². The van der Waals surface area contributed by atoms with Crippen molar-refractivity contribution in [2.75, 3.05) is 23.7 Å². The van der Waals surface area contributed by atoms with Gasteiger partial charge in [0.05, 0.1) is 5.69 Å². The van der Waals surface area contributed by atoms with E-state index in [0.717, 1.165) is 36.3 Å². The van der Waals surface area contributed by atoms with Gasteiger partial charge >= 0.3 is 5.97 Å². The zero-order chi connectivity index (χ0) is 20.0. The summed E-state index contributed by atoms with van der Waals surface area (Å²) in [6.07, 6.45) is 1.60. The lowest BCUT2D eigenvalue weighted by Crippen LogP contribution is -2.40. The number of hydrogen-bond acceptors (Lipinski definition) is 6. The van der Waals surface area contributed by atoms with Gasteiger partial charge in [-0.3, -0.25) is 0 Å². The van der Waals surface area contributed by atoms with Crippen LogP contribution in [0, 0.1) is 11.6 Å². The van der Waals surface area contributed by atoms with E-state index in [9.17, 15) is 18.7 Å². The maximum Gasteiger partial charge on any atom is 0.348 e. The van der Waals surface area contributed by atoms with Crippen molar-refractivity contribution in [3.8, 4) is 11.1 Å². The van der Waals surface area contributed by atoms with Crippen LogP contribution in [0.4, 0.5) is 20.3 Å². The fraction of sp³-hybridized carbons (Fsp3) is 0.263. The normalized spacial score (nSPS) is 15.3. The van der Waals surface area contributed by atoms with Gasteiger partial charge in [-0.05, 0) is 31.0 Å². The summed E-state index contributed by atoms with van der Waals surface area (Å²) in [5.74, 6) is -2.02. The van der Waals surface area contributed by atoms with E-state index in [4.69, 9.17) is 11.5 Å². The zero-order valence-electron chi connectivity index (χ0n) is 14.8. The number of nitrogens with zero attached hydrogens (tertiary/aromatic N) is 2. The Bertz CT molecular complexity index is 1080. The van der Waals surface area contributed by atoms with E-state index >= 15 is 0 Å². The molecule has 2 aromatic heterocycles. The Hall–Kier alpha value is -2.78. The Kier molecular flexibility index (Phi) is 4.64. The first-order valence-electron chi connectivity index (χ1n) is 8.77. The second-order valence-electron chi connectivity index (χ2n) is 6.81. The molecule has 0 unspecified atom stereocenters. The molecule has 3 aromatic rings. The first kappa shape index (κ1) is 18.6. The summed E-state index contributed by atoms with van der Waals surface area (Å²) in [7, 11) is 0. The van der Waals surface area contributed by atoms with Crippen molar-refractivity contribution in [3.05, 3.63) is 40.8 Å². The molecule has 9 heteroatoms. The smallest absolute Gasteiger partial charge is 0.348 e. The number of carbonyl (C=O) groups is 1. The number of hydrogen-bond donors (Lipinski definition) is 3. The largest absolute Gasteiger partial charge is 0.477 e. The average Bonchev–Trinajstić information content (AvgIpc) is 2.99. The molecule has 0 atom stereocenters. The van der Waals surface area contributed by atoms with Crippen LogP contribution >= 0.6 is 11.3 Å². The predicted molar refractivity (Wildman–Crippen MR) is 106 cm³/mol. The minimum atomic E-state index is -1.17. The van der Waals surface area contributed by atoms with Crippen LogP contribution in [0.2, 0.25) is 0 Å². The van der Waals surface area contributed by atoms with Crippen LogP contribution in [0.1, 0.15) is 22.5 Å². The number of nitrogen functional groups attached to an aromatic ring is 1. The molecule has 0 amide bonds. The van der Waals surface area contributed by atoms with Crippen molar-refractivity contribution in [3.63, 3.8) is 0 Å². The molecule has 0 aliphatic carbocycles. The number of halogens is 2. The molecule has 0 bridgehead atoms. The molecule has 4 rings (SSSR count). The highest BCUT2D eigenvalue weighted by atomic mass is 32.1. The molecule has 0 spiro atoms. The summed E-state index contributed by atoms with van der Waals surface area (Å²) in [4.78, 5) is 18.5. The maximum absolute atomic E-state index is 14.5. The number of rotatable bonds is 3. The molecule has 146 valence electrons. The quantitative estimate of drug-likeness (QED) is 0.618. The van der Waals surface area contributed by atoms with Crippen LogP contribution in [-0.4, -0.2) is 35.2 Å². The van der Waals surface area contributed by atoms with Crippen LogP contribution in [0.25, 0.3) is 21.3 Å². The van der Waals surface area contributed by atoms with Gasteiger partial charge in [-0.1, -0.05) is 0 Å². The number of thiophene rings is 1. The van der Waals surface area contributed by atoms with E-state index in [-0.39, 0.29) is 22.2 Å². The molecular weight excluding hydrogens is 386 g/mol. The van der Waals surface area contributed by atoms with E-state index in [0.29, 0.717) is 34.7 Å². The number of fused-ring (bicyclic) bond motifs is 1. The highest BCUT2D eigenvalue weighted by Gasteiger charge is 2.24. The number of pyridine rings is 1. The van der Waals surface area contributed by atoms with Crippen LogP contribution < -0.4 is 16.4 Å². The molecule has 1 aromatic carbocycles. The molecule has 1 aliphatic rings. The number of benzene rings is 1. The first-order chi connectivity index (χ1) is 13.3. The van der Waals surface area contributed by atoms with Gasteiger partial charge in [-0.2, -0.15) is 0 Å². The molecule has 1 saturated heterocycles. The lowest BCUT2D eigenvalue weighted by molar-refractivity contribution is 0.0703. The van der Waals surface area contributed by atoms with Crippen molar-refractivity contribution >= 4 is 39.0 Å². The first-order valence-corrected chi connectivity index (χ1v) is 9.59. The van der Waals surface area contributed by atoms with Crippen LogP contribution in [0.3, 0.4) is 0 Å². The van der Waals surface area contributed by atoms with Crippen molar-refractivity contribution in [2.24, 2.45) is 5.73 Å². The van der Waals surface area contributed by atoms with E-state index in [2.05, 4.69) is 4.98 Å². The second kappa shape index (κ2) is 6.99. The van der Waals surface area contributed by atoms with Crippen LogP contribution in [-0.2, 0) is 0 Å². The van der Waals surface area contributed by atoms with E-state index in [1.807, 2.05) is 4.90 Å². The summed E-state index contributed by atoms with van der Waals surface area (Å²) < 4.78 is 27.9. The van der Waals surface area contributed by atoms with Gasteiger partial charge < -0.3 is 21.5 Å². The summed E-state index contributed by atoms with van der Waals surface area (Å²) in [6, 6.07) is 5.09. The Morgan fingerprint density at radius 3 is 2.57 bits per heavy atom. The Morgan fingerprint density at radius 1 is 1.21 bits per heavy atom.